The second-order valence-electron chi connectivity index (χ2n) is 4.22. The molecule has 86 valence electrons. The van der Waals surface area contributed by atoms with Crippen LogP contribution in [0.2, 0.25) is 0 Å². The Morgan fingerprint density at radius 3 is 2.81 bits per heavy atom. The third-order valence-electron chi connectivity index (χ3n) is 2.72. The fraction of sp³-hybridized carbons (Fsp3) is 0.462. The van der Waals surface area contributed by atoms with E-state index in [2.05, 4.69) is 36.3 Å². The number of ether oxygens (including phenoxy) is 1. The van der Waals surface area contributed by atoms with Gasteiger partial charge in [-0.25, -0.2) is 0 Å². The van der Waals surface area contributed by atoms with Crippen LogP contribution in [0.25, 0.3) is 0 Å². The summed E-state index contributed by atoms with van der Waals surface area (Å²) in [5.41, 5.74) is 2.43. The maximum absolute atomic E-state index is 5.89. The first-order chi connectivity index (χ1) is 7.66. The number of hydrogen-bond donors (Lipinski definition) is 1. The van der Waals surface area contributed by atoms with E-state index in [1.165, 1.54) is 11.1 Å². The van der Waals surface area contributed by atoms with Crippen molar-refractivity contribution in [3.63, 3.8) is 0 Å². The predicted molar refractivity (Wildman–Crippen MR) is 66.3 cm³/mol. The Balaban J connectivity index is 2.08. The number of benzene rings is 1. The highest BCUT2D eigenvalue weighted by Crippen LogP contribution is 2.20. The van der Waals surface area contributed by atoms with Crippen molar-refractivity contribution in [2.45, 2.75) is 26.9 Å². The van der Waals surface area contributed by atoms with Crippen LogP contribution < -0.4 is 10.1 Å². The summed E-state index contributed by atoms with van der Waals surface area (Å²) in [4.78, 5) is 4.36. The van der Waals surface area contributed by atoms with Gasteiger partial charge in [-0.05, 0) is 32.4 Å². The van der Waals surface area contributed by atoms with Crippen molar-refractivity contribution >= 4 is 5.84 Å². The number of nitrogens with zero attached hydrogens (tertiary/aromatic N) is 1. The van der Waals surface area contributed by atoms with Gasteiger partial charge >= 0.3 is 0 Å². The van der Waals surface area contributed by atoms with Crippen LogP contribution >= 0.6 is 0 Å². The monoisotopic (exact) mass is 218 g/mol. The maximum Gasteiger partial charge on any atom is 0.152 e. The van der Waals surface area contributed by atoms with Crippen LogP contribution in [-0.4, -0.2) is 25.0 Å². The van der Waals surface area contributed by atoms with E-state index < -0.39 is 0 Å². The molecule has 0 spiro atoms. The summed E-state index contributed by atoms with van der Waals surface area (Å²) < 4.78 is 5.89. The van der Waals surface area contributed by atoms with Gasteiger partial charge in [0.25, 0.3) is 0 Å². The van der Waals surface area contributed by atoms with Crippen molar-refractivity contribution in [2.75, 3.05) is 13.1 Å². The lowest BCUT2D eigenvalue weighted by atomic mass is 10.1. The smallest absolute Gasteiger partial charge is 0.152 e. The lowest BCUT2D eigenvalue weighted by Gasteiger charge is -2.17. The van der Waals surface area contributed by atoms with Gasteiger partial charge in [0.1, 0.15) is 11.6 Å². The molecule has 1 aliphatic rings. The molecule has 0 fully saturated rings. The average molecular weight is 218 g/mol. The van der Waals surface area contributed by atoms with Gasteiger partial charge in [0.05, 0.1) is 6.54 Å². The van der Waals surface area contributed by atoms with Gasteiger partial charge in [-0.3, -0.25) is 4.99 Å². The molecule has 3 heteroatoms. The van der Waals surface area contributed by atoms with Crippen molar-refractivity contribution in [3.8, 4) is 5.75 Å². The van der Waals surface area contributed by atoms with Crippen LogP contribution in [0.4, 0.5) is 0 Å². The normalized spacial score (nSPS) is 16.6. The van der Waals surface area contributed by atoms with E-state index in [0.29, 0.717) is 0 Å². The summed E-state index contributed by atoms with van der Waals surface area (Å²) >= 11 is 0. The molecule has 1 atom stereocenters. The highest BCUT2D eigenvalue weighted by Gasteiger charge is 2.15. The van der Waals surface area contributed by atoms with Gasteiger partial charge < -0.3 is 10.1 Å². The van der Waals surface area contributed by atoms with Crippen molar-refractivity contribution in [1.82, 2.24) is 5.32 Å². The van der Waals surface area contributed by atoms with E-state index in [0.717, 1.165) is 24.7 Å². The molecule has 1 aromatic carbocycles. The van der Waals surface area contributed by atoms with E-state index in [-0.39, 0.29) is 6.10 Å². The van der Waals surface area contributed by atoms with Gasteiger partial charge in [0.2, 0.25) is 0 Å². The predicted octanol–water partition coefficient (Wildman–Crippen LogP) is 2.07. The van der Waals surface area contributed by atoms with Gasteiger partial charge in [-0.2, -0.15) is 0 Å². The Morgan fingerprint density at radius 1 is 1.38 bits per heavy atom. The lowest BCUT2D eigenvalue weighted by molar-refractivity contribution is 0.282. The van der Waals surface area contributed by atoms with Gasteiger partial charge in [-0.1, -0.05) is 17.7 Å². The van der Waals surface area contributed by atoms with Crippen molar-refractivity contribution in [1.29, 1.82) is 0 Å². The fourth-order valence-electron chi connectivity index (χ4n) is 1.87. The van der Waals surface area contributed by atoms with Gasteiger partial charge in [0, 0.05) is 6.54 Å². The zero-order valence-corrected chi connectivity index (χ0v) is 10.1. The summed E-state index contributed by atoms with van der Waals surface area (Å²) in [6.45, 7) is 7.96. The molecule has 0 radical (unpaired) electrons. The Labute approximate surface area is 96.5 Å². The van der Waals surface area contributed by atoms with Crippen LogP contribution in [0.3, 0.4) is 0 Å². The first-order valence-corrected chi connectivity index (χ1v) is 5.69. The summed E-state index contributed by atoms with van der Waals surface area (Å²) in [7, 11) is 0. The molecule has 16 heavy (non-hydrogen) atoms. The van der Waals surface area contributed by atoms with Crippen molar-refractivity contribution in [3.05, 3.63) is 29.3 Å². The van der Waals surface area contributed by atoms with Crippen LogP contribution in [0.15, 0.2) is 23.2 Å². The van der Waals surface area contributed by atoms with Crippen LogP contribution in [-0.2, 0) is 0 Å². The molecule has 0 unspecified atom stereocenters. The standard InChI is InChI=1S/C13H18N2O/c1-9-4-5-12(10(2)8-9)16-11(3)13-14-6-7-15-13/h4-5,8,11H,6-7H2,1-3H3,(H,14,15)/t11-/m0/s1. The molecular weight excluding hydrogens is 200 g/mol. The molecule has 1 heterocycles. The molecule has 0 amide bonds. The number of amidine groups is 1. The van der Waals surface area contributed by atoms with E-state index in [1.807, 2.05) is 13.0 Å². The zero-order valence-electron chi connectivity index (χ0n) is 10.1. The van der Waals surface area contributed by atoms with E-state index >= 15 is 0 Å². The lowest BCUT2D eigenvalue weighted by Crippen LogP contribution is -2.33. The largest absolute Gasteiger partial charge is 0.483 e. The van der Waals surface area contributed by atoms with Crippen molar-refractivity contribution in [2.24, 2.45) is 4.99 Å². The minimum absolute atomic E-state index is 0.00362. The van der Waals surface area contributed by atoms with Crippen LogP contribution in [0, 0.1) is 13.8 Å². The topological polar surface area (TPSA) is 33.6 Å². The third-order valence-corrected chi connectivity index (χ3v) is 2.72. The molecule has 0 bridgehead atoms. The molecule has 1 aliphatic heterocycles. The number of rotatable bonds is 3. The Hall–Kier alpha value is -1.51. The molecule has 0 saturated carbocycles. The second kappa shape index (κ2) is 4.56. The molecule has 2 rings (SSSR count). The first kappa shape index (κ1) is 11.0. The highest BCUT2D eigenvalue weighted by molar-refractivity contribution is 5.87. The summed E-state index contributed by atoms with van der Waals surface area (Å²) in [6.07, 6.45) is 0.00362. The van der Waals surface area contributed by atoms with Crippen LogP contribution in [0.1, 0.15) is 18.1 Å². The molecule has 0 saturated heterocycles. The minimum Gasteiger partial charge on any atom is -0.483 e. The quantitative estimate of drug-likeness (QED) is 0.842. The maximum atomic E-state index is 5.89. The van der Waals surface area contributed by atoms with Crippen LogP contribution in [0.5, 0.6) is 5.75 Å². The van der Waals surface area contributed by atoms with Crippen molar-refractivity contribution < 1.29 is 4.74 Å². The molecular formula is C13H18N2O. The molecule has 1 N–H and O–H groups in total. The van der Waals surface area contributed by atoms with Gasteiger partial charge in [-0.15, -0.1) is 0 Å². The summed E-state index contributed by atoms with van der Waals surface area (Å²) in [5.74, 6) is 1.90. The minimum atomic E-state index is 0.00362. The highest BCUT2D eigenvalue weighted by atomic mass is 16.5. The first-order valence-electron chi connectivity index (χ1n) is 5.69. The van der Waals surface area contributed by atoms with E-state index in [1.54, 1.807) is 0 Å². The number of nitrogens with one attached hydrogen (secondary N) is 1. The Morgan fingerprint density at radius 2 is 2.19 bits per heavy atom. The van der Waals surface area contributed by atoms with E-state index in [4.69, 9.17) is 4.74 Å². The molecule has 1 aromatic rings. The van der Waals surface area contributed by atoms with Gasteiger partial charge in [0.15, 0.2) is 6.10 Å². The van der Waals surface area contributed by atoms with E-state index in [9.17, 15) is 0 Å². The molecule has 3 nitrogen and oxygen atoms in total. The number of aryl methyl sites for hydroxylation is 2. The third kappa shape index (κ3) is 2.35. The molecule has 0 aliphatic carbocycles. The fourth-order valence-corrected chi connectivity index (χ4v) is 1.87. The summed E-state index contributed by atoms with van der Waals surface area (Å²) in [5, 5.41) is 3.23. The Bertz CT molecular complexity index is 412. The number of hydrogen-bond acceptors (Lipinski definition) is 3. The molecule has 0 aromatic heterocycles. The zero-order chi connectivity index (χ0) is 11.5. The SMILES string of the molecule is Cc1ccc(O[C@@H](C)C2=NCCN2)c(C)c1. The summed E-state index contributed by atoms with van der Waals surface area (Å²) in [6, 6.07) is 6.22. The average Bonchev–Trinajstić information content (AvgIpc) is 2.75. The number of aliphatic imine (C=N–C) groups is 1. The second-order valence-corrected chi connectivity index (χ2v) is 4.22. The Kier molecular flexibility index (Phi) is 3.13.